The van der Waals surface area contributed by atoms with Gasteiger partial charge in [0, 0.05) is 30.0 Å². The molecule has 8 heteroatoms. The third-order valence-corrected chi connectivity index (χ3v) is 3.87. The smallest absolute Gasteiger partial charge is 0.372 e. The minimum absolute atomic E-state index is 0.0291. The number of hydrogen-bond acceptors (Lipinski definition) is 5. The fraction of sp³-hybridized carbons (Fsp3) is 0.692. The molecular formula is C13H18F3N3OS. The average Bonchev–Trinajstić information content (AvgIpc) is 2.88. The van der Waals surface area contributed by atoms with Crippen LogP contribution in [0.2, 0.25) is 0 Å². The lowest BCUT2D eigenvalue weighted by Crippen LogP contribution is -2.18. The van der Waals surface area contributed by atoms with Gasteiger partial charge >= 0.3 is 6.18 Å². The van der Waals surface area contributed by atoms with Crippen molar-refractivity contribution in [1.82, 2.24) is 9.97 Å². The number of ether oxygens (including phenoxy) is 1. The van der Waals surface area contributed by atoms with Gasteiger partial charge in [-0.2, -0.15) is 24.9 Å². The second-order valence-electron chi connectivity index (χ2n) is 4.75. The molecule has 2 rings (SSSR count). The molecule has 0 aromatic carbocycles. The summed E-state index contributed by atoms with van der Waals surface area (Å²) in [6.45, 7) is 1.63. The lowest BCUT2D eigenvalue weighted by molar-refractivity contribution is -0.173. The van der Waals surface area contributed by atoms with E-state index in [-0.39, 0.29) is 13.0 Å². The van der Waals surface area contributed by atoms with E-state index in [4.69, 9.17) is 0 Å². The number of anilines is 1. The van der Waals surface area contributed by atoms with Crippen LogP contribution < -0.4 is 5.32 Å². The van der Waals surface area contributed by atoms with Crippen LogP contribution in [0.15, 0.2) is 0 Å². The highest BCUT2D eigenvalue weighted by atomic mass is 32.2. The van der Waals surface area contributed by atoms with Crippen LogP contribution in [0.4, 0.5) is 19.0 Å². The van der Waals surface area contributed by atoms with Crippen molar-refractivity contribution in [3.8, 4) is 0 Å². The molecular weight excluding hydrogens is 303 g/mol. The largest absolute Gasteiger partial charge is 0.411 e. The third kappa shape index (κ3) is 5.03. The first-order chi connectivity index (χ1) is 9.99. The highest BCUT2D eigenvalue weighted by Crippen LogP contribution is 2.32. The standard InChI is InChI=1S/C13H18F3N3OS/c1-2-4-17-12-9-6-21-7-10(9)18-11(19-12)3-5-20-8-13(14,15)16/h2-8H2,1H3,(H,17,18,19). The molecule has 0 saturated heterocycles. The van der Waals surface area contributed by atoms with E-state index < -0.39 is 12.8 Å². The molecule has 21 heavy (non-hydrogen) atoms. The maximum Gasteiger partial charge on any atom is 0.411 e. The van der Waals surface area contributed by atoms with Gasteiger partial charge in [0.2, 0.25) is 0 Å². The second kappa shape index (κ2) is 7.31. The maximum atomic E-state index is 12.0. The Morgan fingerprint density at radius 2 is 2.10 bits per heavy atom. The molecule has 0 saturated carbocycles. The predicted octanol–water partition coefficient (Wildman–Crippen LogP) is 3.17. The van der Waals surface area contributed by atoms with Crippen molar-refractivity contribution in [3.63, 3.8) is 0 Å². The first kappa shape index (κ1) is 16.4. The van der Waals surface area contributed by atoms with Crippen LogP contribution in [0.5, 0.6) is 0 Å². The van der Waals surface area contributed by atoms with Crippen LogP contribution in [-0.4, -0.2) is 35.9 Å². The molecule has 0 spiro atoms. The number of aromatic nitrogens is 2. The van der Waals surface area contributed by atoms with Crippen LogP contribution in [0.3, 0.4) is 0 Å². The van der Waals surface area contributed by atoms with Crippen LogP contribution in [-0.2, 0) is 22.7 Å². The van der Waals surface area contributed by atoms with Gasteiger partial charge in [0.15, 0.2) is 0 Å². The number of hydrogen-bond donors (Lipinski definition) is 1. The highest BCUT2D eigenvalue weighted by Gasteiger charge is 2.27. The molecule has 0 amide bonds. The fourth-order valence-electron chi connectivity index (χ4n) is 1.96. The van der Waals surface area contributed by atoms with Crippen molar-refractivity contribution in [3.05, 3.63) is 17.1 Å². The maximum absolute atomic E-state index is 12.0. The van der Waals surface area contributed by atoms with E-state index in [1.807, 2.05) is 0 Å². The number of halogens is 3. The molecule has 1 aromatic rings. The van der Waals surface area contributed by atoms with E-state index in [1.165, 1.54) is 0 Å². The summed E-state index contributed by atoms with van der Waals surface area (Å²) in [5, 5.41) is 3.26. The molecule has 0 aliphatic carbocycles. The van der Waals surface area contributed by atoms with Gasteiger partial charge < -0.3 is 10.1 Å². The van der Waals surface area contributed by atoms with E-state index in [2.05, 4.69) is 26.9 Å². The minimum Gasteiger partial charge on any atom is -0.372 e. The van der Waals surface area contributed by atoms with Crippen molar-refractivity contribution < 1.29 is 17.9 Å². The Morgan fingerprint density at radius 3 is 2.81 bits per heavy atom. The zero-order chi connectivity index (χ0) is 15.3. The zero-order valence-corrected chi connectivity index (χ0v) is 12.6. The normalized spacial score (nSPS) is 14.3. The number of nitrogens with zero attached hydrogens (tertiary/aromatic N) is 2. The average molecular weight is 321 g/mol. The van der Waals surface area contributed by atoms with Crippen molar-refractivity contribution in [2.75, 3.05) is 25.1 Å². The first-order valence-corrected chi connectivity index (χ1v) is 8.00. The van der Waals surface area contributed by atoms with Crippen molar-refractivity contribution in [1.29, 1.82) is 0 Å². The van der Waals surface area contributed by atoms with Gasteiger partial charge in [-0.3, -0.25) is 0 Å². The summed E-state index contributed by atoms with van der Waals surface area (Å²) in [7, 11) is 0. The molecule has 1 aliphatic rings. The second-order valence-corrected chi connectivity index (χ2v) is 5.74. The summed E-state index contributed by atoms with van der Waals surface area (Å²) < 4.78 is 40.6. The van der Waals surface area contributed by atoms with Crippen molar-refractivity contribution >= 4 is 17.6 Å². The van der Waals surface area contributed by atoms with Crippen molar-refractivity contribution in [2.45, 2.75) is 37.4 Å². The number of alkyl halides is 3. The zero-order valence-electron chi connectivity index (χ0n) is 11.8. The van der Waals surface area contributed by atoms with E-state index in [0.29, 0.717) is 5.82 Å². The Kier molecular flexibility index (Phi) is 5.69. The molecule has 2 heterocycles. The molecule has 118 valence electrons. The summed E-state index contributed by atoms with van der Waals surface area (Å²) in [5.41, 5.74) is 2.10. The monoisotopic (exact) mass is 321 g/mol. The molecule has 1 aliphatic heterocycles. The molecule has 0 unspecified atom stereocenters. The SMILES string of the molecule is CCCNc1nc(CCOCC(F)(F)F)nc2c1CSC2. The van der Waals surface area contributed by atoms with Gasteiger partial charge in [0.25, 0.3) is 0 Å². The lowest BCUT2D eigenvalue weighted by Gasteiger charge is -2.11. The number of nitrogens with one attached hydrogen (secondary N) is 1. The van der Waals surface area contributed by atoms with Crippen LogP contribution >= 0.6 is 11.8 Å². The Hall–Kier alpha value is -1.02. The Bertz CT molecular complexity index is 482. The Morgan fingerprint density at radius 1 is 1.29 bits per heavy atom. The summed E-state index contributed by atoms with van der Waals surface area (Å²) in [6, 6.07) is 0. The van der Waals surface area contributed by atoms with E-state index in [9.17, 15) is 13.2 Å². The Balaban J connectivity index is 1.96. The fourth-order valence-corrected chi connectivity index (χ4v) is 3.00. The lowest BCUT2D eigenvalue weighted by atomic mass is 10.2. The molecule has 0 radical (unpaired) electrons. The molecule has 0 fully saturated rings. The number of fused-ring (bicyclic) bond motifs is 1. The Labute approximate surface area is 125 Å². The van der Waals surface area contributed by atoms with Gasteiger partial charge in [-0.05, 0) is 6.42 Å². The van der Waals surface area contributed by atoms with Gasteiger partial charge in [0.1, 0.15) is 18.2 Å². The number of rotatable bonds is 7. The molecule has 1 aromatic heterocycles. The summed E-state index contributed by atoms with van der Waals surface area (Å²) in [5.74, 6) is 3.07. The van der Waals surface area contributed by atoms with Crippen molar-refractivity contribution in [2.24, 2.45) is 0 Å². The summed E-state index contributed by atoms with van der Waals surface area (Å²) in [4.78, 5) is 8.84. The molecule has 0 atom stereocenters. The highest BCUT2D eigenvalue weighted by molar-refractivity contribution is 7.98. The topological polar surface area (TPSA) is 47.0 Å². The van der Waals surface area contributed by atoms with Crippen LogP contribution in [0.25, 0.3) is 0 Å². The van der Waals surface area contributed by atoms with Gasteiger partial charge in [-0.1, -0.05) is 6.92 Å². The van der Waals surface area contributed by atoms with Gasteiger partial charge in [-0.25, -0.2) is 9.97 Å². The summed E-state index contributed by atoms with van der Waals surface area (Å²) in [6.07, 6.45) is -3.02. The van der Waals surface area contributed by atoms with Gasteiger partial charge in [0.05, 0.1) is 12.3 Å². The predicted molar refractivity (Wildman–Crippen MR) is 76.4 cm³/mol. The van der Waals surface area contributed by atoms with Gasteiger partial charge in [-0.15, -0.1) is 0 Å². The van der Waals surface area contributed by atoms with E-state index >= 15 is 0 Å². The molecule has 4 nitrogen and oxygen atoms in total. The number of thioether (sulfide) groups is 1. The van der Waals surface area contributed by atoms with E-state index in [0.717, 1.165) is 41.5 Å². The van der Waals surface area contributed by atoms with E-state index in [1.54, 1.807) is 11.8 Å². The first-order valence-electron chi connectivity index (χ1n) is 6.84. The molecule has 1 N–H and O–H groups in total. The minimum atomic E-state index is -4.29. The molecule has 0 bridgehead atoms. The van der Waals surface area contributed by atoms with Crippen LogP contribution in [0, 0.1) is 0 Å². The third-order valence-electron chi connectivity index (χ3n) is 2.90. The van der Waals surface area contributed by atoms with Crippen LogP contribution in [0.1, 0.15) is 30.4 Å². The quantitative estimate of drug-likeness (QED) is 0.782. The summed E-state index contributed by atoms with van der Waals surface area (Å²) >= 11 is 1.77.